The maximum absolute atomic E-state index is 5.84. The van der Waals surface area contributed by atoms with Crippen molar-refractivity contribution in [2.45, 2.75) is 59.0 Å². The predicted molar refractivity (Wildman–Crippen MR) is 65.9 cm³/mol. The van der Waals surface area contributed by atoms with Crippen LogP contribution in [-0.2, 0) is 0 Å². The topological polar surface area (TPSA) is 50.4 Å². The molecule has 0 aromatic rings. The number of rotatable bonds is 2. The fraction of sp³-hybridized carbons (Fsp3) is 0.917. The van der Waals surface area contributed by atoms with Gasteiger partial charge in [-0.05, 0) is 44.9 Å². The molecule has 1 saturated carbocycles. The van der Waals surface area contributed by atoms with E-state index in [9.17, 15) is 0 Å². The van der Waals surface area contributed by atoms with Gasteiger partial charge in [0.05, 0.1) is 6.04 Å². The van der Waals surface area contributed by atoms with Crippen molar-refractivity contribution in [3.8, 4) is 0 Å². The van der Waals surface area contributed by atoms with E-state index in [0.29, 0.717) is 18.0 Å². The van der Waals surface area contributed by atoms with Crippen molar-refractivity contribution in [2.75, 3.05) is 0 Å². The van der Waals surface area contributed by atoms with Gasteiger partial charge in [-0.15, -0.1) is 0 Å². The van der Waals surface area contributed by atoms with Crippen LogP contribution >= 0.6 is 0 Å². The number of aliphatic imine (C=N–C) groups is 1. The molecular weight excluding hydrogens is 186 g/mol. The minimum absolute atomic E-state index is 0.368. The maximum Gasteiger partial charge on any atom is 0.189 e. The third-order valence-electron chi connectivity index (χ3n) is 2.91. The molecule has 0 aromatic heterocycles. The quantitative estimate of drug-likeness (QED) is 0.543. The highest BCUT2D eigenvalue weighted by Crippen LogP contribution is 2.30. The van der Waals surface area contributed by atoms with Gasteiger partial charge in [-0.3, -0.25) is 4.99 Å². The lowest BCUT2D eigenvalue weighted by Crippen LogP contribution is -2.38. The van der Waals surface area contributed by atoms with E-state index in [1.54, 1.807) is 0 Å². The summed E-state index contributed by atoms with van der Waals surface area (Å²) in [5.74, 6) is 2.18. The molecule has 15 heavy (non-hydrogen) atoms. The molecule has 2 atom stereocenters. The summed E-state index contributed by atoms with van der Waals surface area (Å²) >= 11 is 0. The molecule has 3 N–H and O–H groups in total. The van der Waals surface area contributed by atoms with Crippen LogP contribution in [0.25, 0.3) is 0 Å². The number of nitrogens with one attached hydrogen (secondary N) is 1. The molecule has 0 saturated heterocycles. The molecule has 0 radical (unpaired) electrons. The van der Waals surface area contributed by atoms with E-state index in [0.717, 1.165) is 11.8 Å². The number of guanidine groups is 1. The summed E-state index contributed by atoms with van der Waals surface area (Å²) in [6, 6.07) is 0.794. The Labute approximate surface area is 93.5 Å². The van der Waals surface area contributed by atoms with Crippen molar-refractivity contribution in [1.82, 2.24) is 5.32 Å². The Balaban J connectivity index is 2.49. The summed E-state index contributed by atoms with van der Waals surface area (Å²) < 4.78 is 0. The Morgan fingerprint density at radius 1 is 1.20 bits per heavy atom. The molecular formula is C12H25N3. The van der Waals surface area contributed by atoms with Crippen LogP contribution in [0.15, 0.2) is 4.99 Å². The summed E-state index contributed by atoms with van der Waals surface area (Å²) in [5.41, 5.74) is 5.84. The molecule has 0 heterocycles. The molecule has 1 fully saturated rings. The van der Waals surface area contributed by atoms with E-state index in [1.165, 1.54) is 19.3 Å². The van der Waals surface area contributed by atoms with Gasteiger partial charge in [0.25, 0.3) is 0 Å². The second-order valence-corrected chi connectivity index (χ2v) is 5.38. The zero-order valence-electron chi connectivity index (χ0n) is 10.5. The molecule has 0 bridgehead atoms. The van der Waals surface area contributed by atoms with Crippen molar-refractivity contribution in [3.05, 3.63) is 0 Å². The molecule has 2 unspecified atom stereocenters. The van der Waals surface area contributed by atoms with E-state index in [4.69, 9.17) is 5.73 Å². The maximum atomic E-state index is 5.84. The minimum atomic E-state index is 0.368. The molecule has 1 aliphatic carbocycles. The summed E-state index contributed by atoms with van der Waals surface area (Å²) in [7, 11) is 0. The molecule has 1 aliphatic rings. The highest BCUT2D eigenvalue weighted by Gasteiger charge is 2.23. The molecule has 88 valence electrons. The number of hydrogen-bond acceptors (Lipinski definition) is 1. The van der Waals surface area contributed by atoms with Crippen molar-refractivity contribution in [1.29, 1.82) is 0 Å². The van der Waals surface area contributed by atoms with Crippen LogP contribution in [0, 0.1) is 11.8 Å². The first-order valence-corrected chi connectivity index (χ1v) is 6.07. The summed E-state index contributed by atoms with van der Waals surface area (Å²) in [4.78, 5) is 4.56. The smallest absolute Gasteiger partial charge is 0.189 e. The molecule has 0 aliphatic heterocycles. The van der Waals surface area contributed by atoms with E-state index < -0.39 is 0 Å². The highest BCUT2D eigenvalue weighted by atomic mass is 15.1. The summed E-state index contributed by atoms with van der Waals surface area (Å²) in [5, 5.41) is 3.15. The van der Waals surface area contributed by atoms with Gasteiger partial charge in [0.1, 0.15) is 0 Å². The van der Waals surface area contributed by atoms with Gasteiger partial charge in [0, 0.05) is 6.04 Å². The normalized spacial score (nSPS) is 33.1. The van der Waals surface area contributed by atoms with Crippen LogP contribution in [0.2, 0.25) is 0 Å². The van der Waals surface area contributed by atoms with Gasteiger partial charge in [-0.1, -0.05) is 13.8 Å². The third kappa shape index (κ3) is 4.54. The second kappa shape index (κ2) is 5.38. The standard InChI is InChI=1S/C12H25N3/c1-8(2)14-12(13)15-11-6-9(3)5-10(4)7-11/h8-11H,5-7H2,1-4H3,(H3,13,14,15). The van der Waals surface area contributed by atoms with Gasteiger partial charge < -0.3 is 11.1 Å². The van der Waals surface area contributed by atoms with Gasteiger partial charge in [-0.25, -0.2) is 0 Å². The van der Waals surface area contributed by atoms with Gasteiger partial charge in [0.15, 0.2) is 5.96 Å². The fourth-order valence-corrected chi connectivity index (χ4v) is 2.54. The average Bonchev–Trinajstić information content (AvgIpc) is 1.98. The Bertz CT molecular complexity index is 213. The average molecular weight is 211 g/mol. The first-order valence-electron chi connectivity index (χ1n) is 6.07. The second-order valence-electron chi connectivity index (χ2n) is 5.38. The molecule has 0 amide bonds. The first kappa shape index (κ1) is 12.3. The van der Waals surface area contributed by atoms with Gasteiger partial charge >= 0.3 is 0 Å². The van der Waals surface area contributed by atoms with Crippen molar-refractivity contribution >= 4 is 5.96 Å². The molecule has 3 nitrogen and oxygen atoms in total. The number of hydrogen-bond donors (Lipinski definition) is 2. The van der Waals surface area contributed by atoms with Crippen molar-refractivity contribution < 1.29 is 0 Å². The summed E-state index contributed by atoms with van der Waals surface area (Å²) in [6.07, 6.45) is 3.71. The minimum Gasteiger partial charge on any atom is -0.370 e. The van der Waals surface area contributed by atoms with Crippen LogP contribution in [0.1, 0.15) is 47.0 Å². The largest absolute Gasteiger partial charge is 0.370 e. The number of nitrogens with two attached hydrogens (primary N) is 1. The van der Waals surface area contributed by atoms with Crippen LogP contribution in [0.4, 0.5) is 0 Å². The van der Waals surface area contributed by atoms with E-state index >= 15 is 0 Å². The fourth-order valence-electron chi connectivity index (χ4n) is 2.54. The summed E-state index contributed by atoms with van der Waals surface area (Å²) in [6.45, 7) is 8.78. The Hall–Kier alpha value is -0.730. The van der Waals surface area contributed by atoms with Crippen LogP contribution < -0.4 is 11.1 Å². The third-order valence-corrected chi connectivity index (χ3v) is 2.91. The first-order chi connectivity index (χ1) is 6.97. The van der Waals surface area contributed by atoms with Gasteiger partial charge in [0.2, 0.25) is 0 Å². The Morgan fingerprint density at radius 3 is 2.20 bits per heavy atom. The monoisotopic (exact) mass is 211 g/mol. The van der Waals surface area contributed by atoms with Crippen LogP contribution in [0.5, 0.6) is 0 Å². The predicted octanol–water partition coefficient (Wildman–Crippen LogP) is 2.12. The van der Waals surface area contributed by atoms with Crippen LogP contribution in [0.3, 0.4) is 0 Å². The number of nitrogens with zero attached hydrogens (tertiary/aromatic N) is 1. The van der Waals surface area contributed by atoms with E-state index in [-0.39, 0.29) is 0 Å². The molecule has 0 spiro atoms. The van der Waals surface area contributed by atoms with Crippen LogP contribution in [-0.4, -0.2) is 18.0 Å². The Kier molecular flexibility index (Phi) is 4.43. The SMILES string of the molecule is CC1CC(C)CC(N=C(N)NC(C)C)C1. The zero-order valence-corrected chi connectivity index (χ0v) is 10.5. The van der Waals surface area contributed by atoms with E-state index in [2.05, 4.69) is 38.0 Å². The molecule has 3 heteroatoms. The lowest BCUT2D eigenvalue weighted by molar-refractivity contribution is 0.270. The van der Waals surface area contributed by atoms with Crippen molar-refractivity contribution in [2.24, 2.45) is 22.6 Å². The zero-order chi connectivity index (χ0) is 11.4. The van der Waals surface area contributed by atoms with Gasteiger partial charge in [-0.2, -0.15) is 0 Å². The van der Waals surface area contributed by atoms with E-state index in [1.807, 2.05) is 0 Å². The molecule has 1 rings (SSSR count). The lowest BCUT2D eigenvalue weighted by Gasteiger charge is -2.29. The highest BCUT2D eigenvalue weighted by molar-refractivity contribution is 5.78. The molecule has 0 aromatic carbocycles. The Morgan fingerprint density at radius 2 is 1.73 bits per heavy atom. The van der Waals surface area contributed by atoms with Crippen molar-refractivity contribution in [3.63, 3.8) is 0 Å². The lowest BCUT2D eigenvalue weighted by atomic mass is 9.81.